The molecule has 0 aliphatic heterocycles. The van der Waals surface area contributed by atoms with E-state index in [4.69, 9.17) is 10.2 Å². The van der Waals surface area contributed by atoms with Gasteiger partial charge in [-0.3, -0.25) is 0 Å². The van der Waals surface area contributed by atoms with Crippen molar-refractivity contribution in [2.45, 2.75) is 110 Å². The Labute approximate surface area is 147 Å². The van der Waals surface area contributed by atoms with E-state index in [1.165, 1.54) is 83.5 Å². The highest BCUT2D eigenvalue weighted by Gasteiger charge is 2.14. The van der Waals surface area contributed by atoms with Gasteiger partial charge in [0.15, 0.2) is 6.29 Å². The van der Waals surface area contributed by atoms with Crippen LogP contribution in [0.25, 0.3) is 0 Å². The summed E-state index contributed by atoms with van der Waals surface area (Å²) in [7, 11) is 0. The number of aliphatic hydroxyl groups is 2. The molecule has 0 saturated heterocycles. The van der Waals surface area contributed by atoms with Gasteiger partial charge in [-0.15, -0.1) is 0 Å². The number of alkyl halides is 1. The van der Waals surface area contributed by atoms with Crippen molar-refractivity contribution in [3.8, 4) is 0 Å². The molecule has 2 N–H and O–H groups in total. The SMILES string of the molecule is CCCCCCCCCCCCCCCCC(CBr)C(O)O. The molecule has 134 valence electrons. The first-order chi connectivity index (χ1) is 10.7. The van der Waals surface area contributed by atoms with Gasteiger partial charge in [0, 0.05) is 11.2 Å². The maximum absolute atomic E-state index is 9.14. The smallest absolute Gasteiger partial charge is 0.155 e. The molecule has 0 amide bonds. The van der Waals surface area contributed by atoms with E-state index in [2.05, 4.69) is 22.9 Å². The van der Waals surface area contributed by atoms with E-state index in [0.717, 1.165) is 12.8 Å². The molecular formula is C19H39BrO2. The van der Waals surface area contributed by atoms with Crippen LogP contribution in [0.5, 0.6) is 0 Å². The first-order valence-corrected chi connectivity index (χ1v) is 10.8. The van der Waals surface area contributed by atoms with Gasteiger partial charge in [0.25, 0.3) is 0 Å². The van der Waals surface area contributed by atoms with E-state index in [1.807, 2.05) is 0 Å². The standard InChI is InChI=1S/C19H39BrO2/c1-2-3-4-5-6-7-8-9-10-11-12-13-14-15-16-18(17-20)19(21)22/h18-19,21-22H,2-17H2,1H3. The Balaban J connectivity index is 3.11. The monoisotopic (exact) mass is 378 g/mol. The van der Waals surface area contributed by atoms with Gasteiger partial charge in [0.1, 0.15) is 0 Å². The van der Waals surface area contributed by atoms with Crippen LogP contribution in [0.4, 0.5) is 0 Å². The van der Waals surface area contributed by atoms with Crippen LogP contribution in [-0.4, -0.2) is 21.8 Å². The molecule has 1 unspecified atom stereocenters. The van der Waals surface area contributed by atoms with Gasteiger partial charge in [0.05, 0.1) is 0 Å². The summed E-state index contributed by atoms with van der Waals surface area (Å²) in [6, 6.07) is 0. The molecule has 0 aliphatic rings. The van der Waals surface area contributed by atoms with Crippen molar-refractivity contribution in [2.75, 3.05) is 5.33 Å². The lowest BCUT2D eigenvalue weighted by Gasteiger charge is -2.15. The first-order valence-electron chi connectivity index (χ1n) is 9.64. The second kappa shape index (κ2) is 17.7. The Hall–Kier alpha value is 0.400. The van der Waals surface area contributed by atoms with Crippen LogP contribution in [0.1, 0.15) is 103 Å². The van der Waals surface area contributed by atoms with E-state index in [1.54, 1.807) is 0 Å². The lowest BCUT2D eigenvalue weighted by atomic mass is 10.0. The Morgan fingerprint density at radius 3 is 1.32 bits per heavy atom. The Morgan fingerprint density at radius 2 is 1.00 bits per heavy atom. The summed E-state index contributed by atoms with van der Waals surface area (Å²) in [4.78, 5) is 0. The largest absolute Gasteiger partial charge is 0.368 e. The number of hydrogen-bond donors (Lipinski definition) is 2. The van der Waals surface area contributed by atoms with Crippen LogP contribution in [0, 0.1) is 5.92 Å². The van der Waals surface area contributed by atoms with Crippen molar-refractivity contribution in [1.29, 1.82) is 0 Å². The molecule has 0 aromatic carbocycles. The second-order valence-corrected chi connectivity index (χ2v) is 7.36. The summed E-state index contributed by atoms with van der Waals surface area (Å²) in [6.45, 7) is 2.27. The van der Waals surface area contributed by atoms with Crippen LogP contribution in [-0.2, 0) is 0 Å². The molecule has 0 spiro atoms. The van der Waals surface area contributed by atoms with Gasteiger partial charge in [0.2, 0.25) is 0 Å². The van der Waals surface area contributed by atoms with Gasteiger partial charge < -0.3 is 10.2 Å². The minimum absolute atomic E-state index is 0.00248. The topological polar surface area (TPSA) is 40.5 Å². The third kappa shape index (κ3) is 15.3. The second-order valence-electron chi connectivity index (χ2n) is 6.71. The zero-order chi connectivity index (χ0) is 16.5. The van der Waals surface area contributed by atoms with Crippen molar-refractivity contribution in [1.82, 2.24) is 0 Å². The fourth-order valence-electron chi connectivity index (χ4n) is 2.91. The molecule has 2 nitrogen and oxygen atoms in total. The fraction of sp³-hybridized carbons (Fsp3) is 1.00. The van der Waals surface area contributed by atoms with Crippen molar-refractivity contribution in [3.63, 3.8) is 0 Å². The quantitative estimate of drug-likeness (QED) is 0.180. The van der Waals surface area contributed by atoms with Gasteiger partial charge in [-0.25, -0.2) is 0 Å². The molecule has 0 aromatic rings. The summed E-state index contributed by atoms with van der Waals surface area (Å²) in [6.07, 6.45) is 18.8. The zero-order valence-electron chi connectivity index (χ0n) is 14.7. The van der Waals surface area contributed by atoms with Gasteiger partial charge in [-0.1, -0.05) is 113 Å². The summed E-state index contributed by atoms with van der Waals surface area (Å²) >= 11 is 3.34. The van der Waals surface area contributed by atoms with E-state index >= 15 is 0 Å². The normalized spacial score (nSPS) is 13.0. The molecule has 0 radical (unpaired) electrons. The van der Waals surface area contributed by atoms with Gasteiger partial charge >= 0.3 is 0 Å². The predicted octanol–water partition coefficient (Wildman–Crippen LogP) is 6.18. The molecule has 0 aromatic heterocycles. The van der Waals surface area contributed by atoms with E-state index in [-0.39, 0.29) is 5.92 Å². The number of rotatable bonds is 17. The maximum atomic E-state index is 9.14. The molecule has 0 heterocycles. The molecule has 0 bridgehead atoms. The minimum Gasteiger partial charge on any atom is -0.368 e. The average Bonchev–Trinajstić information content (AvgIpc) is 2.51. The van der Waals surface area contributed by atoms with Crippen LogP contribution in [0.3, 0.4) is 0 Å². The third-order valence-electron chi connectivity index (χ3n) is 4.55. The summed E-state index contributed by atoms with van der Waals surface area (Å²) < 4.78 is 0. The molecule has 0 saturated carbocycles. The summed E-state index contributed by atoms with van der Waals surface area (Å²) in [5.41, 5.74) is 0. The Morgan fingerprint density at radius 1 is 0.636 bits per heavy atom. The molecule has 0 rings (SSSR count). The van der Waals surface area contributed by atoms with Crippen molar-refractivity contribution in [3.05, 3.63) is 0 Å². The Kier molecular flexibility index (Phi) is 18.1. The number of aliphatic hydroxyl groups excluding tert-OH is 1. The van der Waals surface area contributed by atoms with Crippen molar-refractivity contribution in [2.24, 2.45) is 5.92 Å². The van der Waals surface area contributed by atoms with E-state index < -0.39 is 6.29 Å². The predicted molar refractivity (Wildman–Crippen MR) is 100 cm³/mol. The summed E-state index contributed by atoms with van der Waals surface area (Å²) in [5.74, 6) is -0.00248. The highest BCUT2D eigenvalue weighted by Crippen LogP contribution is 2.17. The van der Waals surface area contributed by atoms with Gasteiger partial charge in [-0.05, 0) is 6.42 Å². The van der Waals surface area contributed by atoms with Crippen LogP contribution < -0.4 is 0 Å². The van der Waals surface area contributed by atoms with E-state index in [0.29, 0.717) is 5.33 Å². The fourth-order valence-corrected chi connectivity index (χ4v) is 3.57. The molecule has 0 fully saturated rings. The summed E-state index contributed by atoms with van der Waals surface area (Å²) in [5, 5.41) is 19.0. The molecule has 3 heteroatoms. The molecule has 1 atom stereocenters. The van der Waals surface area contributed by atoms with Crippen LogP contribution >= 0.6 is 15.9 Å². The van der Waals surface area contributed by atoms with Crippen LogP contribution in [0.15, 0.2) is 0 Å². The number of halogens is 1. The highest BCUT2D eigenvalue weighted by molar-refractivity contribution is 9.09. The molecular weight excluding hydrogens is 340 g/mol. The first kappa shape index (κ1) is 22.4. The number of hydrogen-bond acceptors (Lipinski definition) is 2. The lowest BCUT2D eigenvalue weighted by Crippen LogP contribution is -2.20. The third-order valence-corrected chi connectivity index (χ3v) is 5.38. The lowest BCUT2D eigenvalue weighted by molar-refractivity contribution is -0.0789. The average molecular weight is 379 g/mol. The van der Waals surface area contributed by atoms with Crippen LogP contribution in [0.2, 0.25) is 0 Å². The van der Waals surface area contributed by atoms with Gasteiger partial charge in [-0.2, -0.15) is 0 Å². The van der Waals surface area contributed by atoms with Crippen molar-refractivity contribution < 1.29 is 10.2 Å². The molecule has 0 aliphatic carbocycles. The molecule has 22 heavy (non-hydrogen) atoms. The van der Waals surface area contributed by atoms with E-state index in [9.17, 15) is 0 Å². The highest BCUT2D eigenvalue weighted by atomic mass is 79.9. The zero-order valence-corrected chi connectivity index (χ0v) is 16.3. The minimum atomic E-state index is -1.17. The number of unbranched alkanes of at least 4 members (excludes halogenated alkanes) is 13. The Bertz CT molecular complexity index is 210. The van der Waals surface area contributed by atoms with Crippen molar-refractivity contribution >= 4 is 15.9 Å². The maximum Gasteiger partial charge on any atom is 0.155 e.